The number of rotatable bonds is 6. The molecule has 1 N–H and O–H groups in total. The standard InChI is InChI=1S/C12H21NO2S2/c1-5-10-6-7-11(16-10)8-13-9-12(2,3)17(4,14)15/h6-7,13H,5,8-9H2,1-4H3. The Morgan fingerprint density at radius 3 is 2.35 bits per heavy atom. The van der Waals surface area contributed by atoms with Crippen LogP contribution in [0.4, 0.5) is 0 Å². The van der Waals surface area contributed by atoms with Gasteiger partial charge in [-0.1, -0.05) is 6.92 Å². The summed E-state index contributed by atoms with van der Waals surface area (Å²) in [4.78, 5) is 2.62. The largest absolute Gasteiger partial charge is 0.310 e. The van der Waals surface area contributed by atoms with Gasteiger partial charge in [0, 0.05) is 29.1 Å². The van der Waals surface area contributed by atoms with Crippen molar-refractivity contribution >= 4 is 21.2 Å². The Bertz CT molecular complexity index is 461. The van der Waals surface area contributed by atoms with E-state index in [1.54, 1.807) is 25.2 Å². The van der Waals surface area contributed by atoms with Gasteiger partial charge in [0.1, 0.15) is 0 Å². The SMILES string of the molecule is CCc1ccc(CNCC(C)(C)S(C)(=O)=O)s1. The number of nitrogens with one attached hydrogen (secondary N) is 1. The summed E-state index contributed by atoms with van der Waals surface area (Å²) in [5, 5.41) is 3.22. The fraction of sp³-hybridized carbons (Fsp3) is 0.667. The van der Waals surface area contributed by atoms with Crippen molar-refractivity contribution in [1.29, 1.82) is 0 Å². The van der Waals surface area contributed by atoms with Crippen molar-refractivity contribution in [3.05, 3.63) is 21.9 Å². The smallest absolute Gasteiger partial charge is 0.153 e. The summed E-state index contributed by atoms with van der Waals surface area (Å²) in [5.41, 5.74) is 0. The molecule has 0 amide bonds. The Morgan fingerprint density at radius 2 is 1.88 bits per heavy atom. The zero-order chi connectivity index (χ0) is 13.1. The molecule has 0 spiro atoms. The topological polar surface area (TPSA) is 46.2 Å². The van der Waals surface area contributed by atoms with Crippen LogP contribution in [0.5, 0.6) is 0 Å². The molecule has 0 aromatic carbocycles. The molecule has 98 valence electrons. The fourth-order valence-electron chi connectivity index (χ4n) is 1.33. The lowest BCUT2D eigenvalue weighted by Crippen LogP contribution is -2.41. The van der Waals surface area contributed by atoms with Gasteiger partial charge in [0.05, 0.1) is 4.75 Å². The normalized spacial score (nSPS) is 12.9. The number of hydrogen-bond donors (Lipinski definition) is 1. The van der Waals surface area contributed by atoms with Crippen molar-refractivity contribution < 1.29 is 8.42 Å². The van der Waals surface area contributed by atoms with Gasteiger partial charge < -0.3 is 5.32 Å². The zero-order valence-corrected chi connectivity index (χ0v) is 12.5. The lowest BCUT2D eigenvalue weighted by atomic mass is 10.2. The van der Waals surface area contributed by atoms with E-state index in [9.17, 15) is 8.42 Å². The van der Waals surface area contributed by atoms with Gasteiger partial charge in [0.2, 0.25) is 0 Å². The van der Waals surface area contributed by atoms with E-state index >= 15 is 0 Å². The Kier molecular flexibility index (Phi) is 4.75. The van der Waals surface area contributed by atoms with Gasteiger partial charge in [0.25, 0.3) is 0 Å². The van der Waals surface area contributed by atoms with Crippen LogP contribution in [0.1, 0.15) is 30.5 Å². The quantitative estimate of drug-likeness (QED) is 0.866. The number of hydrogen-bond acceptors (Lipinski definition) is 4. The fourth-order valence-corrected chi connectivity index (χ4v) is 2.62. The highest BCUT2D eigenvalue weighted by atomic mass is 32.2. The Morgan fingerprint density at radius 1 is 1.29 bits per heavy atom. The molecule has 17 heavy (non-hydrogen) atoms. The predicted molar refractivity (Wildman–Crippen MR) is 74.3 cm³/mol. The van der Waals surface area contributed by atoms with Crippen LogP contribution in [-0.4, -0.2) is 26.0 Å². The summed E-state index contributed by atoms with van der Waals surface area (Å²) in [6, 6.07) is 4.23. The maximum atomic E-state index is 11.5. The lowest BCUT2D eigenvalue weighted by Gasteiger charge is -2.22. The van der Waals surface area contributed by atoms with Gasteiger partial charge in [-0.25, -0.2) is 8.42 Å². The van der Waals surface area contributed by atoms with Crippen molar-refractivity contribution in [3.8, 4) is 0 Å². The third-order valence-corrected chi connectivity index (χ3v) is 6.30. The van der Waals surface area contributed by atoms with Crippen LogP contribution in [0, 0.1) is 0 Å². The molecule has 0 aliphatic heterocycles. The zero-order valence-electron chi connectivity index (χ0n) is 10.9. The summed E-state index contributed by atoms with van der Waals surface area (Å²) >= 11 is 1.78. The van der Waals surface area contributed by atoms with Gasteiger partial charge in [0.15, 0.2) is 9.84 Å². The average Bonchev–Trinajstić information content (AvgIpc) is 2.63. The van der Waals surface area contributed by atoms with E-state index in [4.69, 9.17) is 0 Å². The molecule has 0 radical (unpaired) electrons. The summed E-state index contributed by atoms with van der Waals surface area (Å²) in [7, 11) is -3.02. The first-order valence-corrected chi connectivity index (χ1v) is 8.45. The Labute approximate surface area is 108 Å². The van der Waals surface area contributed by atoms with Crippen molar-refractivity contribution in [3.63, 3.8) is 0 Å². The molecule has 0 saturated heterocycles. The van der Waals surface area contributed by atoms with Gasteiger partial charge in [-0.15, -0.1) is 11.3 Å². The molecule has 3 nitrogen and oxygen atoms in total. The Balaban J connectivity index is 2.48. The van der Waals surface area contributed by atoms with Gasteiger partial charge in [-0.05, 0) is 32.4 Å². The minimum atomic E-state index is -3.02. The Hall–Kier alpha value is -0.390. The summed E-state index contributed by atoms with van der Waals surface area (Å²) in [6.45, 7) is 6.85. The molecule has 1 aromatic heterocycles. The first-order valence-electron chi connectivity index (χ1n) is 5.74. The summed E-state index contributed by atoms with van der Waals surface area (Å²) < 4.78 is 22.3. The molecular formula is C12H21NO2S2. The third kappa shape index (κ3) is 4.08. The van der Waals surface area contributed by atoms with E-state index in [-0.39, 0.29) is 0 Å². The third-order valence-electron chi connectivity index (χ3n) is 2.92. The van der Waals surface area contributed by atoms with Crippen LogP contribution >= 0.6 is 11.3 Å². The molecule has 0 bridgehead atoms. The molecular weight excluding hydrogens is 254 g/mol. The first-order chi connectivity index (χ1) is 7.76. The van der Waals surface area contributed by atoms with E-state index in [0.29, 0.717) is 6.54 Å². The monoisotopic (exact) mass is 275 g/mol. The van der Waals surface area contributed by atoms with Gasteiger partial charge in [-0.2, -0.15) is 0 Å². The van der Waals surface area contributed by atoms with Crippen molar-refractivity contribution in [1.82, 2.24) is 5.32 Å². The molecule has 1 aromatic rings. The number of sulfone groups is 1. The average molecular weight is 275 g/mol. The van der Waals surface area contributed by atoms with Crippen molar-refractivity contribution in [2.24, 2.45) is 0 Å². The minimum Gasteiger partial charge on any atom is -0.310 e. The maximum Gasteiger partial charge on any atom is 0.153 e. The van der Waals surface area contributed by atoms with Crippen LogP contribution in [0.15, 0.2) is 12.1 Å². The molecule has 0 saturated carbocycles. The van der Waals surface area contributed by atoms with E-state index in [1.807, 2.05) is 0 Å². The summed E-state index contributed by atoms with van der Waals surface area (Å²) in [6.07, 6.45) is 2.34. The highest BCUT2D eigenvalue weighted by Gasteiger charge is 2.29. The van der Waals surface area contributed by atoms with E-state index < -0.39 is 14.6 Å². The van der Waals surface area contributed by atoms with E-state index in [0.717, 1.165) is 13.0 Å². The second kappa shape index (κ2) is 5.50. The first kappa shape index (κ1) is 14.7. The highest BCUT2D eigenvalue weighted by Crippen LogP contribution is 2.18. The summed E-state index contributed by atoms with van der Waals surface area (Å²) in [5.74, 6) is 0. The van der Waals surface area contributed by atoms with Gasteiger partial charge >= 0.3 is 0 Å². The van der Waals surface area contributed by atoms with Crippen LogP contribution in [-0.2, 0) is 22.8 Å². The maximum absolute atomic E-state index is 11.5. The number of thiophene rings is 1. The van der Waals surface area contributed by atoms with Crippen LogP contribution in [0.25, 0.3) is 0 Å². The molecule has 1 heterocycles. The molecule has 0 fully saturated rings. The highest BCUT2D eigenvalue weighted by molar-refractivity contribution is 7.92. The molecule has 5 heteroatoms. The molecule has 0 aliphatic rings. The van der Waals surface area contributed by atoms with Crippen molar-refractivity contribution in [2.45, 2.75) is 38.5 Å². The van der Waals surface area contributed by atoms with E-state index in [1.165, 1.54) is 16.0 Å². The second-order valence-electron chi connectivity index (χ2n) is 4.86. The van der Waals surface area contributed by atoms with Crippen LogP contribution < -0.4 is 5.32 Å². The van der Waals surface area contributed by atoms with Gasteiger partial charge in [-0.3, -0.25) is 0 Å². The molecule has 0 aliphatic carbocycles. The van der Waals surface area contributed by atoms with Crippen molar-refractivity contribution in [2.75, 3.05) is 12.8 Å². The number of aryl methyl sites for hydroxylation is 1. The molecule has 0 unspecified atom stereocenters. The van der Waals surface area contributed by atoms with E-state index in [2.05, 4.69) is 24.4 Å². The lowest BCUT2D eigenvalue weighted by molar-refractivity contribution is 0.522. The van der Waals surface area contributed by atoms with Crippen LogP contribution in [0.3, 0.4) is 0 Å². The van der Waals surface area contributed by atoms with Crippen LogP contribution in [0.2, 0.25) is 0 Å². The minimum absolute atomic E-state index is 0.477. The predicted octanol–water partition coefficient (Wildman–Crippen LogP) is 2.22. The second-order valence-corrected chi connectivity index (χ2v) is 8.76. The molecule has 1 rings (SSSR count). The molecule has 0 atom stereocenters.